The largest absolute Gasteiger partial charge is 0.393 e. The van der Waals surface area contributed by atoms with Crippen molar-refractivity contribution < 1.29 is 10.2 Å². The van der Waals surface area contributed by atoms with Crippen LogP contribution in [0.2, 0.25) is 0 Å². The molecule has 0 saturated heterocycles. The number of aromatic nitrogens is 4. The molecule has 0 bridgehead atoms. The van der Waals surface area contributed by atoms with Gasteiger partial charge in [0.1, 0.15) is 11.6 Å². The average Bonchev–Trinajstić information content (AvgIpc) is 2.98. The predicted molar refractivity (Wildman–Crippen MR) is 173 cm³/mol. The van der Waals surface area contributed by atoms with E-state index >= 15 is 0 Å². The number of nitrogens with one attached hydrogen (secondary N) is 2. The van der Waals surface area contributed by atoms with Gasteiger partial charge < -0.3 is 20.2 Å². The van der Waals surface area contributed by atoms with E-state index in [1.54, 1.807) is 0 Å². The number of thioether (sulfide) groups is 2. The lowest BCUT2D eigenvalue weighted by atomic mass is 9.97. The quantitative estimate of drug-likeness (QED) is 0.225. The predicted octanol–water partition coefficient (Wildman–Crippen LogP) is 5.54. The Bertz CT molecular complexity index is 1500. The number of aromatic amines is 2. The zero-order valence-electron chi connectivity index (χ0n) is 24.3. The molecule has 224 valence electrons. The number of rotatable bonds is 6. The fourth-order valence-electron chi connectivity index (χ4n) is 5.66. The molecule has 0 aliphatic heterocycles. The third kappa shape index (κ3) is 7.83. The molecule has 4 N–H and O–H groups in total. The first-order valence-corrected chi connectivity index (χ1v) is 16.9. The molecule has 0 atom stereocenters. The van der Waals surface area contributed by atoms with Crippen LogP contribution in [0.1, 0.15) is 74.1 Å². The minimum absolute atomic E-state index is 0.0571. The monoisotopic (exact) mass is 608 g/mol. The van der Waals surface area contributed by atoms with Gasteiger partial charge in [0.15, 0.2) is 0 Å². The van der Waals surface area contributed by atoms with Gasteiger partial charge in [-0.1, -0.05) is 24.3 Å². The van der Waals surface area contributed by atoms with Crippen LogP contribution in [0.4, 0.5) is 0 Å². The summed E-state index contributed by atoms with van der Waals surface area (Å²) in [6.45, 7) is 3.96. The zero-order valence-corrected chi connectivity index (χ0v) is 25.9. The highest BCUT2D eigenvalue weighted by Crippen LogP contribution is 2.31. The van der Waals surface area contributed by atoms with Gasteiger partial charge in [0.25, 0.3) is 11.1 Å². The van der Waals surface area contributed by atoms with Crippen molar-refractivity contribution in [3.8, 4) is 0 Å². The Labute approximate surface area is 254 Å². The van der Waals surface area contributed by atoms with Crippen LogP contribution in [0.25, 0.3) is 21.8 Å². The van der Waals surface area contributed by atoms with Crippen LogP contribution in [0.3, 0.4) is 0 Å². The van der Waals surface area contributed by atoms with Gasteiger partial charge >= 0.3 is 0 Å². The number of aliphatic hydroxyl groups is 2. The van der Waals surface area contributed by atoms with E-state index in [4.69, 9.17) is 0 Å². The Hall–Kier alpha value is -2.66. The van der Waals surface area contributed by atoms with Crippen LogP contribution in [0.15, 0.2) is 46.0 Å². The van der Waals surface area contributed by atoms with Gasteiger partial charge in [-0.15, -0.1) is 0 Å². The van der Waals surface area contributed by atoms with Crippen LogP contribution >= 0.6 is 23.5 Å². The Morgan fingerprint density at radius 2 is 1.05 bits per heavy atom. The molecule has 0 spiro atoms. The van der Waals surface area contributed by atoms with E-state index in [1.165, 1.54) is 0 Å². The molecule has 0 amide bonds. The van der Waals surface area contributed by atoms with Crippen molar-refractivity contribution >= 4 is 45.3 Å². The second-order valence-corrected chi connectivity index (χ2v) is 14.0. The lowest BCUT2D eigenvalue weighted by molar-refractivity contribution is 0.132. The molecule has 2 saturated carbocycles. The number of H-pyrrole nitrogens is 2. The van der Waals surface area contributed by atoms with E-state index in [2.05, 4.69) is 19.9 Å². The minimum Gasteiger partial charge on any atom is -0.393 e. The molecular formula is C32H40N4O4S2. The smallest absolute Gasteiger partial charge is 0.258 e. The number of aliphatic hydroxyl groups excluding tert-OH is 2. The van der Waals surface area contributed by atoms with Crippen molar-refractivity contribution in [2.45, 2.75) is 99.4 Å². The first kappa shape index (κ1) is 30.8. The van der Waals surface area contributed by atoms with Crippen LogP contribution < -0.4 is 11.1 Å². The lowest BCUT2D eigenvalue weighted by Gasteiger charge is -2.24. The SMILES string of the molecule is Cc1cccc2c(=O)[nH]c(CSC3CCC(O)CC3)nc12.Cc1cccc2c(=O)[nH]c(CSC3CCC(O)CC3)nc12. The Morgan fingerprint density at radius 3 is 1.43 bits per heavy atom. The molecule has 8 nitrogen and oxygen atoms in total. The molecule has 0 unspecified atom stereocenters. The summed E-state index contributed by atoms with van der Waals surface area (Å²) in [5, 5.41) is 21.5. The third-order valence-corrected chi connectivity index (χ3v) is 10.9. The molecule has 2 aromatic carbocycles. The Balaban J connectivity index is 0.000000168. The zero-order chi connectivity index (χ0) is 29.6. The highest BCUT2D eigenvalue weighted by atomic mass is 32.2. The van der Waals surface area contributed by atoms with Crippen molar-refractivity contribution in [2.24, 2.45) is 0 Å². The van der Waals surface area contributed by atoms with E-state index < -0.39 is 0 Å². The summed E-state index contributed by atoms with van der Waals surface area (Å²) < 4.78 is 0. The third-order valence-electron chi connectivity index (χ3n) is 8.17. The van der Waals surface area contributed by atoms with Gasteiger partial charge in [0.2, 0.25) is 0 Å². The average molecular weight is 609 g/mol. The molecular weight excluding hydrogens is 569 g/mol. The number of fused-ring (bicyclic) bond motifs is 2. The van der Waals surface area contributed by atoms with E-state index in [0.717, 1.165) is 96.7 Å². The van der Waals surface area contributed by atoms with Gasteiger partial charge in [0, 0.05) is 10.5 Å². The summed E-state index contributed by atoms with van der Waals surface area (Å²) in [5.74, 6) is 2.94. The van der Waals surface area contributed by atoms with E-state index in [0.29, 0.717) is 21.3 Å². The van der Waals surface area contributed by atoms with E-state index in [-0.39, 0.29) is 23.3 Å². The molecule has 2 heterocycles. The van der Waals surface area contributed by atoms with Crippen LogP contribution in [0, 0.1) is 13.8 Å². The standard InChI is InChI=1S/2C16H20N2O2S/c2*1-10-3-2-4-13-15(10)17-14(18-16(13)20)9-21-12-7-5-11(19)6-8-12/h2*2-4,11-12,19H,5-9H2,1H3,(H,17,18,20). The molecule has 0 radical (unpaired) electrons. The normalized spacial score (nSPS) is 22.6. The lowest BCUT2D eigenvalue weighted by Crippen LogP contribution is -2.20. The summed E-state index contributed by atoms with van der Waals surface area (Å²) in [5.41, 5.74) is 3.56. The second kappa shape index (κ2) is 14.2. The highest BCUT2D eigenvalue weighted by Gasteiger charge is 2.21. The van der Waals surface area contributed by atoms with Crippen molar-refractivity contribution in [2.75, 3.05) is 0 Å². The number of hydrogen-bond donors (Lipinski definition) is 4. The first-order chi connectivity index (χ1) is 20.3. The van der Waals surface area contributed by atoms with Gasteiger partial charge in [-0.2, -0.15) is 23.5 Å². The summed E-state index contributed by atoms with van der Waals surface area (Å²) >= 11 is 3.66. The van der Waals surface area contributed by atoms with Crippen LogP contribution in [-0.2, 0) is 11.5 Å². The molecule has 42 heavy (non-hydrogen) atoms. The van der Waals surface area contributed by atoms with Crippen LogP contribution in [0.5, 0.6) is 0 Å². The Kier molecular flexibility index (Phi) is 10.4. The number of benzene rings is 2. The topological polar surface area (TPSA) is 132 Å². The van der Waals surface area contributed by atoms with Crippen molar-refractivity contribution in [1.82, 2.24) is 19.9 Å². The minimum atomic E-state index is -0.122. The van der Waals surface area contributed by atoms with Crippen molar-refractivity contribution in [1.29, 1.82) is 0 Å². The molecule has 2 aliphatic carbocycles. The van der Waals surface area contributed by atoms with E-state index in [1.807, 2.05) is 73.8 Å². The van der Waals surface area contributed by atoms with Gasteiger partial charge in [-0.25, -0.2) is 9.97 Å². The van der Waals surface area contributed by atoms with Gasteiger partial charge in [-0.3, -0.25) is 9.59 Å². The maximum Gasteiger partial charge on any atom is 0.258 e. The van der Waals surface area contributed by atoms with Gasteiger partial charge in [-0.05, 0) is 88.5 Å². The molecule has 6 rings (SSSR count). The van der Waals surface area contributed by atoms with Crippen LogP contribution in [-0.4, -0.2) is 52.9 Å². The van der Waals surface area contributed by atoms with Crippen molar-refractivity contribution in [3.05, 3.63) is 79.9 Å². The number of nitrogens with zero attached hydrogens (tertiary/aromatic N) is 2. The summed E-state index contributed by atoms with van der Waals surface area (Å²) in [7, 11) is 0. The molecule has 2 aromatic heterocycles. The summed E-state index contributed by atoms with van der Waals surface area (Å²) in [6, 6.07) is 11.4. The second-order valence-electron chi connectivity index (χ2n) is 11.5. The molecule has 2 fully saturated rings. The van der Waals surface area contributed by atoms with Crippen molar-refractivity contribution in [3.63, 3.8) is 0 Å². The fraction of sp³-hybridized carbons (Fsp3) is 0.500. The number of aryl methyl sites for hydroxylation is 2. The number of hydrogen-bond acceptors (Lipinski definition) is 8. The summed E-state index contributed by atoms with van der Waals surface area (Å²) in [4.78, 5) is 39.2. The molecule has 10 heteroatoms. The molecule has 4 aromatic rings. The van der Waals surface area contributed by atoms with Gasteiger partial charge in [0.05, 0.1) is 45.5 Å². The summed E-state index contributed by atoms with van der Waals surface area (Å²) in [6.07, 6.45) is 7.48. The maximum atomic E-state index is 12.1. The highest BCUT2D eigenvalue weighted by molar-refractivity contribution is 7.99. The fourth-order valence-corrected chi connectivity index (χ4v) is 7.93. The number of para-hydroxylation sites is 2. The van der Waals surface area contributed by atoms with E-state index in [9.17, 15) is 19.8 Å². The first-order valence-electron chi connectivity index (χ1n) is 14.8. The molecule has 2 aliphatic rings. The maximum absolute atomic E-state index is 12.1. The Morgan fingerprint density at radius 1 is 0.667 bits per heavy atom.